The third-order valence-corrected chi connectivity index (χ3v) is 6.03. The zero-order valence-electron chi connectivity index (χ0n) is 18.9. The Kier molecular flexibility index (Phi) is 6.39. The Morgan fingerprint density at radius 1 is 1.12 bits per heavy atom. The van der Waals surface area contributed by atoms with Crippen LogP contribution in [0.5, 0.6) is 0 Å². The number of piperidine rings is 1. The van der Waals surface area contributed by atoms with E-state index in [2.05, 4.69) is 21.6 Å². The van der Waals surface area contributed by atoms with Crippen LogP contribution in [0.2, 0.25) is 0 Å². The predicted molar refractivity (Wildman–Crippen MR) is 121 cm³/mol. The topological polar surface area (TPSA) is 85.0 Å². The normalized spacial score (nSPS) is 14.5. The van der Waals surface area contributed by atoms with Crippen molar-refractivity contribution in [3.05, 3.63) is 70.8 Å². The average Bonchev–Trinajstić information content (AvgIpc) is 3.36. The zero-order chi connectivity index (χ0) is 22.7. The van der Waals surface area contributed by atoms with Crippen molar-refractivity contribution in [2.75, 3.05) is 19.6 Å². The molecule has 0 saturated carbocycles. The minimum absolute atomic E-state index is 0.0677. The second-order valence-corrected chi connectivity index (χ2v) is 8.63. The first kappa shape index (κ1) is 21.8. The Morgan fingerprint density at radius 3 is 2.56 bits per heavy atom. The van der Waals surface area contributed by atoms with Crippen molar-refractivity contribution in [3.63, 3.8) is 0 Å². The molecule has 32 heavy (non-hydrogen) atoms. The molecule has 1 aromatic carbocycles. The minimum atomic E-state index is -0.101. The molecule has 1 saturated heterocycles. The molecule has 8 heteroatoms. The van der Waals surface area contributed by atoms with Gasteiger partial charge in [0.15, 0.2) is 0 Å². The van der Waals surface area contributed by atoms with Gasteiger partial charge in [0.05, 0.1) is 24.0 Å². The van der Waals surface area contributed by atoms with Crippen LogP contribution in [-0.2, 0) is 13.6 Å². The fourth-order valence-corrected chi connectivity index (χ4v) is 4.21. The quantitative estimate of drug-likeness (QED) is 0.646. The van der Waals surface area contributed by atoms with Gasteiger partial charge in [0.1, 0.15) is 0 Å². The number of benzene rings is 1. The lowest BCUT2D eigenvalue weighted by Gasteiger charge is -2.32. The first-order valence-corrected chi connectivity index (χ1v) is 11.0. The van der Waals surface area contributed by atoms with E-state index in [1.807, 2.05) is 47.7 Å². The van der Waals surface area contributed by atoms with Gasteiger partial charge < -0.3 is 10.2 Å². The van der Waals surface area contributed by atoms with Gasteiger partial charge in [-0.15, -0.1) is 0 Å². The number of rotatable bonds is 6. The highest BCUT2D eigenvalue weighted by Gasteiger charge is 2.24. The Labute approximate surface area is 188 Å². The zero-order valence-corrected chi connectivity index (χ0v) is 18.9. The number of carbonyl (C=O) groups is 2. The van der Waals surface area contributed by atoms with Crippen molar-refractivity contribution in [2.45, 2.75) is 33.2 Å². The minimum Gasteiger partial charge on any atom is -0.352 e. The van der Waals surface area contributed by atoms with Crippen LogP contribution in [-0.4, -0.2) is 55.9 Å². The Hall–Kier alpha value is -3.42. The molecule has 0 atom stereocenters. The van der Waals surface area contributed by atoms with E-state index in [0.717, 1.165) is 29.8 Å². The van der Waals surface area contributed by atoms with Gasteiger partial charge in [-0.2, -0.15) is 10.2 Å². The van der Waals surface area contributed by atoms with Gasteiger partial charge in [-0.25, -0.2) is 0 Å². The number of hydrogen-bond acceptors (Lipinski definition) is 4. The average molecular weight is 435 g/mol. The van der Waals surface area contributed by atoms with Crippen LogP contribution < -0.4 is 5.32 Å². The van der Waals surface area contributed by atoms with Crippen molar-refractivity contribution in [3.8, 4) is 0 Å². The number of carbonyl (C=O) groups excluding carboxylic acids is 2. The second-order valence-electron chi connectivity index (χ2n) is 8.63. The molecule has 0 aliphatic carbocycles. The number of likely N-dealkylation sites (tertiary alicyclic amines) is 1. The van der Waals surface area contributed by atoms with Gasteiger partial charge in [0.25, 0.3) is 11.8 Å². The van der Waals surface area contributed by atoms with Crippen LogP contribution in [0, 0.1) is 19.8 Å². The van der Waals surface area contributed by atoms with Crippen LogP contribution in [0.4, 0.5) is 0 Å². The molecule has 0 unspecified atom stereocenters. The third-order valence-electron chi connectivity index (χ3n) is 6.03. The molecule has 168 valence electrons. The van der Waals surface area contributed by atoms with E-state index in [0.29, 0.717) is 43.2 Å². The fraction of sp³-hybridized carbons (Fsp3) is 0.417. The van der Waals surface area contributed by atoms with Gasteiger partial charge in [0, 0.05) is 44.1 Å². The molecule has 3 heterocycles. The standard InChI is InChI=1S/C24H30N6O2/c1-17-11-18(2)30(27-17)15-20-5-4-6-21(12-20)24(32)29-9-7-19(8-10-29)13-25-23(31)22-14-26-28(3)16-22/h4-6,11-12,14,16,19H,7-10,13,15H2,1-3H3,(H,25,31). The molecule has 1 fully saturated rings. The Morgan fingerprint density at radius 2 is 1.91 bits per heavy atom. The maximum Gasteiger partial charge on any atom is 0.254 e. The summed E-state index contributed by atoms with van der Waals surface area (Å²) in [5.74, 6) is 0.339. The first-order chi connectivity index (χ1) is 15.4. The number of aromatic nitrogens is 4. The lowest BCUT2D eigenvalue weighted by molar-refractivity contribution is 0.0684. The van der Waals surface area contributed by atoms with Crippen molar-refractivity contribution in [2.24, 2.45) is 13.0 Å². The first-order valence-electron chi connectivity index (χ1n) is 11.0. The summed E-state index contributed by atoms with van der Waals surface area (Å²) >= 11 is 0. The number of aryl methyl sites for hydroxylation is 3. The summed E-state index contributed by atoms with van der Waals surface area (Å²) in [7, 11) is 1.79. The molecule has 0 spiro atoms. The number of nitrogens with one attached hydrogen (secondary N) is 1. The molecule has 1 aliphatic heterocycles. The van der Waals surface area contributed by atoms with E-state index in [9.17, 15) is 9.59 Å². The molecule has 1 N–H and O–H groups in total. The molecule has 3 aromatic rings. The van der Waals surface area contributed by atoms with Crippen molar-refractivity contribution in [1.29, 1.82) is 0 Å². The van der Waals surface area contributed by atoms with Crippen LogP contribution in [0.1, 0.15) is 50.5 Å². The van der Waals surface area contributed by atoms with E-state index >= 15 is 0 Å². The largest absolute Gasteiger partial charge is 0.352 e. The fourth-order valence-electron chi connectivity index (χ4n) is 4.21. The van der Waals surface area contributed by atoms with Crippen LogP contribution in [0.15, 0.2) is 42.7 Å². The molecule has 2 amide bonds. The summed E-state index contributed by atoms with van der Waals surface area (Å²) in [5, 5.41) is 11.5. The highest BCUT2D eigenvalue weighted by Crippen LogP contribution is 2.19. The van der Waals surface area contributed by atoms with Crippen molar-refractivity contribution in [1.82, 2.24) is 29.8 Å². The molecular weight excluding hydrogens is 404 g/mol. The summed E-state index contributed by atoms with van der Waals surface area (Å²) in [6.07, 6.45) is 5.04. The van der Waals surface area contributed by atoms with Gasteiger partial charge in [-0.05, 0) is 56.4 Å². The van der Waals surface area contributed by atoms with Crippen LogP contribution in [0.3, 0.4) is 0 Å². The van der Waals surface area contributed by atoms with Gasteiger partial charge >= 0.3 is 0 Å². The second kappa shape index (κ2) is 9.38. The monoisotopic (exact) mass is 434 g/mol. The Bertz CT molecular complexity index is 1110. The molecule has 2 aromatic heterocycles. The molecule has 4 rings (SSSR count). The molecule has 0 bridgehead atoms. The Balaban J connectivity index is 1.29. The van der Waals surface area contributed by atoms with E-state index < -0.39 is 0 Å². The molecule has 1 aliphatic rings. The third kappa shape index (κ3) is 5.07. The van der Waals surface area contributed by atoms with E-state index in [1.165, 1.54) is 0 Å². The molecule has 8 nitrogen and oxygen atoms in total. The van der Waals surface area contributed by atoms with E-state index in [4.69, 9.17) is 0 Å². The predicted octanol–water partition coefficient (Wildman–Crippen LogP) is 2.56. The lowest BCUT2D eigenvalue weighted by atomic mass is 9.96. The molecule has 0 radical (unpaired) electrons. The summed E-state index contributed by atoms with van der Waals surface area (Å²) < 4.78 is 3.58. The summed E-state index contributed by atoms with van der Waals surface area (Å²) in [4.78, 5) is 27.2. The SMILES string of the molecule is Cc1cc(C)n(Cc2cccc(C(=O)N3CCC(CNC(=O)c4cnn(C)c4)CC3)c2)n1. The number of hydrogen-bond donors (Lipinski definition) is 1. The molecular formula is C24H30N6O2. The summed E-state index contributed by atoms with van der Waals surface area (Å²) in [5.41, 5.74) is 4.45. The highest BCUT2D eigenvalue weighted by atomic mass is 16.2. The smallest absolute Gasteiger partial charge is 0.254 e. The summed E-state index contributed by atoms with van der Waals surface area (Å²) in [6, 6.07) is 9.88. The maximum absolute atomic E-state index is 13.1. The van der Waals surface area contributed by atoms with Crippen molar-refractivity contribution < 1.29 is 9.59 Å². The van der Waals surface area contributed by atoms with Crippen molar-refractivity contribution >= 4 is 11.8 Å². The van der Waals surface area contributed by atoms with E-state index in [1.54, 1.807) is 24.1 Å². The van der Waals surface area contributed by atoms with E-state index in [-0.39, 0.29) is 11.8 Å². The summed E-state index contributed by atoms with van der Waals surface area (Å²) in [6.45, 7) is 6.70. The van der Waals surface area contributed by atoms with Crippen LogP contribution in [0.25, 0.3) is 0 Å². The number of amides is 2. The van der Waals surface area contributed by atoms with Crippen LogP contribution >= 0.6 is 0 Å². The lowest BCUT2D eigenvalue weighted by Crippen LogP contribution is -2.41. The number of nitrogens with zero attached hydrogens (tertiary/aromatic N) is 5. The van der Waals surface area contributed by atoms with Gasteiger partial charge in [-0.1, -0.05) is 12.1 Å². The highest BCUT2D eigenvalue weighted by molar-refractivity contribution is 5.94. The van der Waals surface area contributed by atoms with Gasteiger partial charge in [0.2, 0.25) is 0 Å². The maximum atomic E-state index is 13.1. The van der Waals surface area contributed by atoms with Gasteiger partial charge in [-0.3, -0.25) is 19.0 Å².